The molecule has 5 aliphatic rings. The molecule has 3 fully saturated rings. The summed E-state index contributed by atoms with van der Waals surface area (Å²) in [6, 6.07) is 7.02. The van der Waals surface area contributed by atoms with Crippen LogP contribution < -0.4 is 5.32 Å². The molecule has 0 bridgehead atoms. The van der Waals surface area contributed by atoms with E-state index < -0.39 is 90.8 Å². The molecule has 0 saturated carbocycles. The first kappa shape index (κ1) is 34.1. The van der Waals surface area contributed by atoms with Gasteiger partial charge in [0.15, 0.2) is 18.3 Å². The number of piperidine rings is 1. The van der Waals surface area contributed by atoms with Gasteiger partial charge in [-0.2, -0.15) is 0 Å². The van der Waals surface area contributed by atoms with E-state index in [1.165, 1.54) is 13.2 Å². The third-order valence-corrected chi connectivity index (χ3v) is 9.73. The highest BCUT2D eigenvalue weighted by molar-refractivity contribution is 6.08. The Morgan fingerprint density at radius 2 is 1.63 bits per heavy atom. The fourth-order valence-corrected chi connectivity index (χ4v) is 7.82. The van der Waals surface area contributed by atoms with Crippen molar-refractivity contribution in [2.75, 3.05) is 18.5 Å². The number of rotatable bonds is 8. The van der Waals surface area contributed by atoms with Crippen LogP contribution in [0.4, 0.5) is 5.69 Å². The number of ether oxygens (including phenoxy) is 7. The van der Waals surface area contributed by atoms with Crippen molar-refractivity contribution in [2.45, 2.75) is 89.0 Å². The average Bonchev–Trinajstić information content (AvgIpc) is 3.56. The summed E-state index contributed by atoms with van der Waals surface area (Å²) in [6.07, 6.45) is -4.43. The summed E-state index contributed by atoms with van der Waals surface area (Å²) in [5.74, 6) is -4.58. The lowest BCUT2D eigenvalue weighted by molar-refractivity contribution is -0.342. The molecular weight excluding hydrogens is 644 g/mol. The zero-order valence-electron chi connectivity index (χ0n) is 27.5. The molecule has 1 aromatic carbocycles. The molecule has 0 aliphatic carbocycles. The second kappa shape index (κ2) is 13.3. The number of hydrogen-bond acceptors (Lipinski definition) is 13. The Hall–Kier alpha value is -4.76. The fourth-order valence-electron chi connectivity index (χ4n) is 7.82. The van der Waals surface area contributed by atoms with Crippen molar-refractivity contribution < 1.29 is 61.9 Å². The Balaban J connectivity index is 1.32. The van der Waals surface area contributed by atoms with E-state index in [1.54, 1.807) is 11.0 Å². The number of nitrogens with one attached hydrogen (secondary N) is 1. The number of para-hydroxylation sites is 1. The molecule has 1 spiro atoms. The van der Waals surface area contributed by atoms with Gasteiger partial charge >= 0.3 is 23.9 Å². The molecule has 6 rings (SSSR count). The maximum atomic E-state index is 13.9. The van der Waals surface area contributed by atoms with E-state index >= 15 is 0 Å². The Kier molecular flexibility index (Phi) is 9.24. The van der Waals surface area contributed by atoms with Crippen LogP contribution in [0.15, 0.2) is 48.8 Å². The van der Waals surface area contributed by atoms with E-state index in [1.807, 2.05) is 24.3 Å². The molecule has 10 atom stereocenters. The number of fused-ring (bicyclic) bond motifs is 5. The number of carbonyl (C=O) groups is 6. The molecule has 262 valence electrons. The molecular formula is C34H38N2O13. The molecule has 3 saturated heterocycles. The number of benzene rings is 1. The summed E-state index contributed by atoms with van der Waals surface area (Å²) in [5, 5.41) is 3.00. The predicted octanol–water partition coefficient (Wildman–Crippen LogP) is 1.64. The van der Waals surface area contributed by atoms with Gasteiger partial charge in [0.05, 0.1) is 23.3 Å². The lowest BCUT2D eigenvalue weighted by Crippen LogP contribution is -2.64. The monoisotopic (exact) mass is 682 g/mol. The summed E-state index contributed by atoms with van der Waals surface area (Å²) < 4.78 is 40.1. The van der Waals surface area contributed by atoms with Crippen molar-refractivity contribution >= 4 is 41.4 Å². The van der Waals surface area contributed by atoms with Gasteiger partial charge in [-0.3, -0.25) is 28.8 Å². The Bertz CT molecular complexity index is 1610. The molecule has 0 radical (unpaired) electrons. The molecule has 49 heavy (non-hydrogen) atoms. The SMILES string of the molecule is C=C[C@H]1[C@H](O[C@H]2O[C@H](COC(C)=O)[C@@H](OC(C)=O)[C@H](OC(C)=O)[C@H]2OC(C)=O)OC=C2C(=O)N3CC[C@]4(C(=O)Nc5ccccc54)[C@H]3C[C@H]21. The van der Waals surface area contributed by atoms with Crippen LogP contribution in [0, 0.1) is 11.8 Å². The maximum Gasteiger partial charge on any atom is 0.303 e. The minimum atomic E-state index is -1.51. The Labute approximate surface area is 281 Å². The van der Waals surface area contributed by atoms with E-state index in [4.69, 9.17) is 33.2 Å². The largest absolute Gasteiger partial charge is 0.471 e. The van der Waals surface area contributed by atoms with E-state index in [-0.39, 0.29) is 11.8 Å². The quantitative estimate of drug-likeness (QED) is 0.238. The van der Waals surface area contributed by atoms with Gasteiger partial charge in [-0.1, -0.05) is 24.3 Å². The molecule has 5 aliphatic heterocycles. The highest BCUT2D eigenvalue weighted by atomic mass is 16.8. The number of esters is 4. The Morgan fingerprint density at radius 1 is 0.959 bits per heavy atom. The van der Waals surface area contributed by atoms with E-state index in [9.17, 15) is 28.8 Å². The molecule has 5 heterocycles. The van der Waals surface area contributed by atoms with Gasteiger partial charge in [0.1, 0.15) is 12.7 Å². The summed E-state index contributed by atoms with van der Waals surface area (Å²) in [5.41, 5.74) is 1.03. The lowest BCUT2D eigenvalue weighted by Gasteiger charge is -2.48. The third-order valence-electron chi connectivity index (χ3n) is 9.73. The first-order valence-electron chi connectivity index (χ1n) is 16.0. The summed E-state index contributed by atoms with van der Waals surface area (Å²) in [4.78, 5) is 77.7. The third kappa shape index (κ3) is 6.05. The van der Waals surface area contributed by atoms with Gasteiger partial charge in [-0.25, -0.2) is 0 Å². The minimum absolute atomic E-state index is 0.158. The van der Waals surface area contributed by atoms with Crippen LogP contribution in [-0.2, 0) is 67.3 Å². The zero-order chi connectivity index (χ0) is 35.2. The highest BCUT2D eigenvalue weighted by Crippen LogP contribution is 2.54. The van der Waals surface area contributed by atoms with E-state index in [0.29, 0.717) is 25.0 Å². The second-order valence-electron chi connectivity index (χ2n) is 12.7. The first-order valence-corrected chi connectivity index (χ1v) is 16.0. The average molecular weight is 683 g/mol. The van der Waals surface area contributed by atoms with Crippen molar-refractivity contribution in [1.82, 2.24) is 4.90 Å². The van der Waals surface area contributed by atoms with Gasteiger partial charge in [-0.15, -0.1) is 6.58 Å². The minimum Gasteiger partial charge on any atom is -0.471 e. The Morgan fingerprint density at radius 3 is 2.31 bits per heavy atom. The van der Waals surface area contributed by atoms with Gasteiger partial charge in [0.2, 0.25) is 18.5 Å². The van der Waals surface area contributed by atoms with Crippen LogP contribution in [-0.4, -0.2) is 96.8 Å². The van der Waals surface area contributed by atoms with Gasteiger partial charge in [0, 0.05) is 51.8 Å². The maximum absolute atomic E-state index is 13.9. The normalized spacial score (nSPS) is 34.3. The molecule has 0 aromatic heterocycles. The molecule has 1 N–H and O–H groups in total. The second-order valence-corrected chi connectivity index (χ2v) is 12.7. The topological polar surface area (TPSA) is 182 Å². The smallest absolute Gasteiger partial charge is 0.303 e. The van der Waals surface area contributed by atoms with Crippen molar-refractivity contribution in [3.63, 3.8) is 0 Å². The fraction of sp³-hybridized carbons (Fsp3) is 0.529. The zero-order valence-corrected chi connectivity index (χ0v) is 27.5. The highest BCUT2D eigenvalue weighted by Gasteiger charge is 2.63. The van der Waals surface area contributed by atoms with Crippen molar-refractivity contribution in [3.8, 4) is 0 Å². The summed E-state index contributed by atoms with van der Waals surface area (Å²) >= 11 is 0. The van der Waals surface area contributed by atoms with E-state index in [0.717, 1.165) is 32.0 Å². The van der Waals surface area contributed by atoms with Crippen molar-refractivity contribution in [3.05, 3.63) is 54.3 Å². The number of hydrogen-bond donors (Lipinski definition) is 1. The summed E-state index contributed by atoms with van der Waals surface area (Å²) in [7, 11) is 0. The number of anilines is 1. The lowest BCUT2D eigenvalue weighted by atomic mass is 9.67. The molecule has 0 unspecified atom stereocenters. The van der Waals surface area contributed by atoms with Crippen LogP contribution in [0.2, 0.25) is 0 Å². The number of amides is 2. The van der Waals surface area contributed by atoms with Crippen LogP contribution >= 0.6 is 0 Å². The molecule has 1 aromatic rings. The van der Waals surface area contributed by atoms with Crippen LogP contribution in [0.5, 0.6) is 0 Å². The molecule has 15 nitrogen and oxygen atoms in total. The van der Waals surface area contributed by atoms with Crippen LogP contribution in [0.3, 0.4) is 0 Å². The standard InChI is InChI=1S/C34H38N2O13/c1-6-20-21-13-26-34(23-9-7-8-10-24(23)35-33(34)42)11-12-36(26)30(41)22(21)14-44-31(20)49-32-29(47-19(5)40)28(46-18(4)39)27(45-17(3)38)25(48-32)15-43-16(2)37/h6-10,14,20-21,25-29,31-32H,1,11-13,15H2,2-5H3,(H,35,42)/t20-,21+,25-,26-,27-,28+,29-,31+,32-,34-/m1/s1. The van der Waals surface area contributed by atoms with Gasteiger partial charge < -0.3 is 43.4 Å². The summed E-state index contributed by atoms with van der Waals surface area (Å²) in [6.45, 7) is 8.50. The predicted molar refractivity (Wildman–Crippen MR) is 165 cm³/mol. The number of carbonyl (C=O) groups excluding carboxylic acids is 6. The molecule has 2 amide bonds. The van der Waals surface area contributed by atoms with Gasteiger partial charge in [0.25, 0.3) is 5.91 Å². The van der Waals surface area contributed by atoms with Crippen molar-refractivity contribution in [1.29, 1.82) is 0 Å². The van der Waals surface area contributed by atoms with Crippen molar-refractivity contribution in [2.24, 2.45) is 11.8 Å². The van der Waals surface area contributed by atoms with Crippen LogP contribution in [0.25, 0.3) is 0 Å². The molecule has 15 heteroatoms. The van der Waals surface area contributed by atoms with E-state index in [2.05, 4.69) is 11.9 Å². The van der Waals surface area contributed by atoms with Crippen LogP contribution in [0.1, 0.15) is 46.1 Å². The first-order chi connectivity index (χ1) is 23.3. The van der Waals surface area contributed by atoms with Gasteiger partial charge in [-0.05, 0) is 24.5 Å². The number of nitrogens with zero attached hydrogens (tertiary/aromatic N) is 1.